The molecule has 0 N–H and O–H groups in total. The van der Waals surface area contributed by atoms with Gasteiger partial charge >= 0.3 is 0 Å². The first kappa shape index (κ1) is 12.0. The Morgan fingerprint density at radius 1 is 0.950 bits per heavy atom. The minimum atomic E-state index is 0.799. The van der Waals surface area contributed by atoms with Crippen molar-refractivity contribution in [1.29, 1.82) is 0 Å². The van der Waals surface area contributed by atoms with Crippen LogP contribution in [0.1, 0.15) is 23.1 Å². The van der Waals surface area contributed by atoms with Crippen molar-refractivity contribution in [2.24, 2.45) is 0 Å². The first-order valence-electron chi connectivity index (χ1n) is 7.15. The van der Waals surface area contributed by atoms with E-state index in [4.69, 9.17) is 11.6 Å². The maximum Gasteiger partial charge on any atom is 0.0484 e. The predicted octanol–water partition coefficient (Wildman–Crippen LogP) is 4.83. The SMILES string of the molecule is Clc1ccc2c(ccn2Cc2ccc3c(c2)CCC3)c1. The fourth-order valence-corrected chi connectivity index (χ4v) is 3.41. The Morgan fingerprint density at radius 3 is 2.80 bits per heavy atom. The summed E-state index contributed by atoms with van der Waals surface area (Å²) >= 11 is 6.04. The lowest BCUT2D eigenvalue weighted by Gasteiger charge is -2.08. The van der Waals surface area contributed by atoms with Gasteiger partial charge in [0.1, 0.15) is 0 Å². The second-order valence-corrected chi connectivity index (χ2v) is 6.04. The van der Waals surface area contributed by atoms with Crippen molar-refractivity contribution < 1.29 is 0 Å². The predicted molar refractivity (Wildman–Crippen MR) is 84.5 cm³/mol. The fraction of sp³-hybridized carbons (Fsp3) is 0.222. The second-order valence-electron chi connectivity index (χ2n) is 5.60. The third kappa shape index (κ3) is 2.03. The lowest BCUT2D eigenvalue weighted by molar-refractivity contribution is 0.834. The molecule has 1 aliphatic rings. The zero-order valence-electron chi connectivity index (χ0n) is 11.3. The first-order chi connectivity index (χ1) is 9.79. The smallest absolute Gasteiger partial charge is 0.0484 e. The van der Waals surface area contributed by atoms with Crippen molar-refractivity contribution in [2.75, 3.05) is 0 Å². The highest BCUT2D eigenvalue weighted by Gasteiger charge is 2.11. The monoisotopic (exact) mass is 281 g/mol. The molecule has 0 amide bonds. The number of hydrogen-bond acceptors (Lipinski definition) is 0. The van der Waals surface area contributed by atoms with Gasteiger partial charge in [0, 0.05) is 28.7 Å². The van der Waals surface area contributed by atoms with Crippen molar-refractivity contribution in [3.05, 3.63) is 70.4 Å². The normalized spacial score (nSPS) is 13.8. The number of aryl methyl sites for hydroxylation is 2. The molecule has 2 aromatic carbocycles. The molecule has 2 heteroatoms. The summed E-state index contributed by atoms with van der Waals surface area (Å²) in [6, 6.07) is 15.2. The summed E-state index contributed by atoms with van der Waals surface area (Å²) in [4.78, 5) is 0. The molecular formula is C18H16ClN. The zero-order chi connectivity index (χ0) is 13.5. The summed E-state index contributed by atoms with van der Waals surface area (Å²) in [6.07, 6.45) is 5.95. The van der Waals surface area contributed by atoms with Gasteiger partial charge in [-0.15, -0.1) is 0 Å². The number of halogens is 1. The largest absolute Gasteiger partial charge is 0.343 e. The van der Waals surface area contributed by atoms with Crippen LogP contribution in [-0.2, 0) is 19.4 Å². The molecule has 0 bridgehead atoms. The Hall–Kier alpha value is -1.73. The van der Waals surface area contributed by atoms with Crippen LogP contribution in [0.2, 0.25) is 5.02 Å². The molecule has 1 aliphatic carbocycles. The highest BCUT2D eigenvalue weighted by molar-refractivity contribution is 6.31. The van der Waals surface area contributed by atoms with Crippen LogP contribution in [0.15, 0.2) is 48.7 Å². The molecule has 3 aromatic rings. The third-order valence-corrected chi connectivity index (χ3v) is 4.48. The number of aromatic nitrogens is 1. The standard InChI is InChI=1S/C18H16ClN/c19-17-6-7-18-16(11-17)8-9-20(18)12-13-4-5-14-2-1-3-15(14)10-13/h4-11H,1-3,12H2. The van der Waals surface area contributed by atoms with Gasteiger partial charge in [0.25, 0.3) is 0 Å². The lowest BCUT2D eigenvalue weighted by atomic mass is 10.1. The van der Waals surface area contributed by atoms with E-state index in [-0.39, 0.29) is 0 Å². The molecule has 4 rings (SSSR count). The Morgan fingerprint density at radius 2 is 1.85 bits per heavy atom. The van der Waals surface area contributed by atoms with Crippen LogP contribution < -0.4 is 0 Å². The molecule has 20 heavy (non-hydrogen) atoms. The van der Waals surface area contributed by atoms with Gasteiger partial charge in [0.15, 0.2) is 0 Å². The number of hydrogen-bond donors (Lipinski definition) is 0. The highest BCUT2D eigenvalue weighted by atomic mass is 35.5. The highest BCUT2D eigenvalue weighted by Crippen LogP contribution is 2.25. The second kappa shape index (κ2) is 4.68. The van der Waals surface area contributed by atoms with E-state index >= 15 is 0 Å². The van der Waals surface area contributed by atoms with E-state index in [0.717, 1.165) is 11.6 Å². The molecule has 0 fully saturated rings. The third-order valence-electron chi connectivity index (χ3n) is 4.25. The lowest BCUT2D eigenvalue weighted by Crippen LogP contribution is -1.98. The van der Waals surface area contributed by atoms with E-state index in [2.05, 4.69) is 41.1 Å². The summed E-state index contributed by atoms with van der Waals surface area (Å²) in [5.74, 6) is 0. The van der Waals surface area contributed by atoms with Crippen molar-refractivity contribution in [1.82, 2.24) is 4.57 Å². The van der Waals surface area contributed by atoms with Crippen LogP contribution in [-0.4, -0.2) is 4.57 Å². The van der Waals surface area contributed by atoms with E-state index in [9.17, 15) is 0 Å². The molecule has 0 spiro atoms. The molecule has 100 valence electrons. The van der Waals surface area contributed by atoms with Gasteiger partial charge in [-0.2, -0.15) is 0 Å². The maximum absolute atomic E-state index is 6.04. The van der Waals surface area contributed by atoms with Gasteiger partial charge in [0.2, 0.25) is 0 Å². The average Bonchev–Trinajstić information content (AvgIpc) is 3.05. The van der Waals surface area contributed by atoms with E-state index in [0.29, 0.717) is 0 Å². The van der Waals surface area contributed by atoms with E-state index in [1.54, 1.807) is 5.56 Å². The van der Waals surface area contributed by atoms with Crippen molar-refractivity contribution >= 4 is 22.5 Å². The van der Waals surface area contributed by atoms with E-state index in [1.165, 1.54) is 41.3 Å². The average molecular weight is 282 g/mol. The van der Waals surface area contributed by atoms with Gasteiger partial charge in [-0.1, -0.05) is 29.8 Å². The quantitative estimate of drug-likeness (QED) is 0.634. The molecule has 0 saturated heterocycles. The molecule has 0 aliphatic heterocycles. The fourth-order valence-electron chi connectivity index (χ4n) is 3.23. The summed E-state index contributed by atoms with van der Waals surface area (Å²) in [5.41, 5.74) is 5.72. The molecule has 1 heterocycles. The zero-order valence-corrected chi connectivity index (χ0v) is 12.0. The van der Waals surface area contributed by atoms with Gasteiger partial charge < -0.3 is 4.57 Å². The number of rotatable bonds is 2. The summed E-state index contributed by atoms with van der Waals surface area (Å²) < 4.78 is 2.29. The molecule has 1 nitrogen and oxygen atoms in total. The minimum absolute atomic E-state index is 0.799. The summed E-state index contributed by atoms with van der Waals surface area (Å²) in [5, 5.41) is 2.01. The number of fused-ring (bicyclic) bond motifs is 2. The Labute approximate surface area is 123 Å². The van der Waals surface area contributed by atoms with E-state index < -0.39 is 0 Å². The molecule has 0 atom stereocenters. The van der Waals surface area contributed by atoms with Gasteiger partial charge in [-0.25, -0.2) is 0 Å². The van der Waals surface area contributed by atoms with Gasteiger partial charge in [0.05, 0.1) is 0 Å². The molecule has 0 unspecified atom stereocenters. The number of nitrogens with zero attached hydrogens (tertiary/aromatic N) is 1. The van der Waals surface area contributed by atoms with Gasteiger partial charge in [-0.05, 0) is 60.2 Å². The van der Waals surface area contributed by atoms with Gasteiger partial charge in [-0.3, -0.25) is 0 Å². The molecule has 1 aromatic heterocycles. The molecule has 0 saturated carbocycles. The molecule has 0 radical (unpaired) electrons. The van der Waals surface area contributed by atoms with Crippen LogP contribution in [0.5, 0.6) is 0 Å². The van der Waals surface area contributed by atoms with Crippen LogP contribution in [0.25, 0.3) is 10.9 Å². The first-order valence-corrected chi connectivity index (χ1v) is 7.52. The Bertz CT molecular complexity index is 785. The Balaban J connectivity index is 1.70. The summed E-state index contributed by atoms with van der Waals surface area (Å²) in [6.45, 7) is 0.929. The van der Waals surface area contributed by atoms with Crippen LogP contribution in [0, 0.1) is 0 Å². The van der Waals surface area contributed by atoms with Crippen molar-refractivity contribution in [3.8, 4) is 0 Å². The van der Waals surface area contributed by atoms with Crippen LogP contribution in [0.4, 0.5) is 0 Å². The van der Waals surface area contributed by atoms with E-state index in [1.807, 2.05) is 12.1 Å². The summed E-state index contributed by atoms with van der Waals surface area (Å²) in [7, 11) is 0. The minimum Gasteiger partial charge on any atom is -0.343 e. The van der Waals surface area contributed by atoms with Crippen LogP contribution >= 0.6 is 11.6 Å². The van der Waals surface area contributed by atoms with Crippen molar-refractivity contribution in [2.45, 2.75) is 25.8 Å². The van der Waals surface area contributed by atoms with Crippen LogP contribution in [0.3, 0.4) is 0 Å². The van der Waals surface area contributed by atoms with Crippen molar-refractivity contribution in [3.63, 3.8) is 0 Å². The number of benzene rings is 2. The Kier molecular flexibility index (Phi) is 2.82. The maximum atomic E-state index is 6.04. The topological polar surface area (TPSA) is 4.93 Å². The molecular weight excluding hydrogens is 266 g/mol.